The fourth-order valence-electron chi connectivity index (χ4n) is 1.62. The number of carbonyl (C=O) groups excluding carboxylic acids is 1. The summed E-state index contributed by atoms with van der Waals surface area (Å²) in [6, 6.07) is 11.0. The molecule has 2 rings (SSSR count). The quantitative estimate of drug-likeness (QED) is 0.518. The summed E-state index contributed by atoms with van der Waals surface area (Å²) >= 11 is 5.58. The molecule has 0 fully saturated rings. The lowest BCUT2D eigenvalue weighted by atomic mass is 10.1. The second-order valence-electron chi connectivity index (χ2n) is 4.04. The van der Waals surface area contributed by atoms with Crippen molar-refractivity contribution in [3.63, 3.8) is 0 Å². The molecule has 104 valence electrons. The van der Waals surface area contributed by atoms with Crippen molar-refractivity contribution in [1.29, 1.82) is 0 Å². The maximum Gasteiger partial charge on any atom is 0.265 e. The molecule has 1 amide bonds. The number of nitrogen functional groups attached to an aromatic ring is 1. The SMILES string of the molecule is NNC(=O)c1cccc(COc2ccc(Cl)c(F)c2)c1. The number of amides is 1. The molecule has 0 aliphatic rings. The second-order valence-corrected chi connectivity index (χ2v) is 4.45. The molecule has 0 aliphatic heterocycles. The summed E-state index contributed by atoms with van der Waals surface area (Å²) in [6.45, 7) is 0.201. The Morgan fingerprint density at radius 3 is 2.80 bits per heavy atom. The van der Waals surface area contributed by atoms with Crippen molar-refractivity contribution in [3.8, 4) is 5.75 Å². The van der Waals surface area contributed by atoms with E-state index < -0.39 is 5.82 Å². The van der Waals surface area contributed by atoms with Crippen LogP contribution < -0.4 is 16.0 Å². The number of ether oxygens (including phenoxy) is 1. The van der Waals surface area contributed by atoms with Gasteiger partial charge in [0.05, 0.1) is 5.02 Å². The minimum absolute atomic E-state index is 0.0407. The third-order valence-electron chi connectivity index (χ3n) is 2.62. The predicted octanol–water partition coefficient (Wildman–Crippen LogP) is 2.66. The van der Waals surface area contributed by atoms with Crippen molar-refractivity contribution in [1.82, 2.24) is 5.43 Å². The number of carbonyl (C=O) groups is 1. The molecule has 2 aromatic rings. The van der Waals surface area contributed by atoms with E-state index in [2.05, 4.69) is 5.43 Å². The number of hydrazine groups is 1. The monoisotopic (exact) mass is 294 g/mol. The highest BCUT2D eigenvalue weighted by Gasteiger charge is 2.05. The van der Waals surface area contributed by atoms with Gasteiger partial charge >= 0.3 is 0 Å². The van der Waals surface area contributed by atoms with Crippen molar-refractivity contribution in [2.24, 2.45) is 5.84 Å². The van der Waals surface area contributed by atoms with Gasteiger partial charge in [-0.15, -0.1) is 0 Å². The molecular weight excluding hydrogens is 283 g/mol. The number of hydrogen-bond donors (Lipinski definition) is 2. The second kappa shape index (κ2) is 6.36. The molecule has 4 nitrogen and oxygen atoms in total. The van der Waals surface area contributed by atoms with E-state index in [1.165, 1.54) is 12.1 Å². The minimum atomic E-state index is -0.541. The van der Waals surface area contributed by atoms with Crippen molar-refractivity contribution in [3.05, 3.63) is 64.4 Å². The molecule has 0 unspecified atom stereocenters. The van der Waals surface area contributed by atoms with Gasteiger partial charge in [-0.25, -0.2) is 10.2 Å². The van der Waals surface area contributed by atoms with E-state index in [0.29, 0.717) is 11.3 Å². The normalized spacial score (nSPS) is 10.2. The number of nitrogens with two attached hydrogens (primary N) is 1. The summed E-state index contributed by atoms with van der Waals surface area (Å²) in [4.78, 5) is 11.4. The number of hydrogen-bond acceptors (Lipinski definition) is 3. The third-order valence-corrected chi connectivity index (χ3v) is 2.92. The van der Waals surface area contributed by atoms with Crippen molar-refractivity contribution in [2.45, 2.75) is 6.61 Å². The van der Waals surface area contributed by atoms with Gasteiger partial charge in [0.2, 0.25) is 0 Å². The number of benzene rings is 2. The van der Waals surface area contributed by atoms with Crippen LogP contribution in [0.1, 0.15) is 15.9 Å². The van der Waals surface area contributed by atoms with E-state index in [4.69, 9.17) is 22.2 Å². The lowest BCUT2D eigenvalue weighted by Crippen LogP contribution is -2.30. The van der Waals surface area contributed by atoms with Crippen LogP contribution in [0.15, 0.2) is 42.5 Å². The third kappa shape index (κ3) is 3.46. The number of halogens is 2. The van der Waals surface area contributed by atoms with Crippen LogP contribution in [0, 0.1) is 5.82 Å². The lowest BCUT2D eigenvalue weighted by molar-refractivity contribution is 0.0953. The van der Waals surface area contributed by atoms with Gasteiger partial charge < -0.3 is 4.74 Å². The molecule has 3 N–H and O–H groups in total. The first-order valence-corrected chi connectivity index (χ1v) is 6.15. The summed E-state index contributed by atoms with van der Waals surface area (Å²) in [7, 11) is 0. The highest BCUT2D eigenvalue weighted by molar-refractivity contribution is 6.30. The van der Waals surface area contributed by atoms with Crippen molar-refractivity contribution >= 4 is 17.5 Å². The molecular formula is C14H12ClFN2O2. The topological polar surface area (TPSA) is 64.3 Å². The average Bonchev–Trinajstić information content (AvgIpc) is 2.48. The molecule has 0 heterocycles. The zero-order valence-electron chi connectivity index (χ0n) is 10.4. The van der Waals surface area contributed by atoms with Gasteiger partial charge in [0.1, 0.15) is 18.2 Å². The van der Waals surface area contributed by atoms with Gasteiger partial charge in [0.15, 0.2) is 0 Å². The maximum absolute atomic E-state index is 13.2. The molecule has 2 aromatic carbocycles. The fourth-order valence-corrected chi connectivity index (χ4v) is 1.74. The van der Waals surface area contributed by atoms with E-state index in [1.54, 1.807) is 30.3 Å². The maximum atomic E-state index is 13.2. The Labute approximate surface area is 120 Å². The van der Waals surface area contributed by atoms with Gasteiger partial charge in [0.25, 0.3) is 5.91 Å². The van der Waals surface area contributed by atoms with Crippen LogP contribution in [0.2, 0.25) is 5.02 Å². The first-order valence-electron chi connectivity index (χ1n) is 5.78. The Bertz CT molecular complexity index is 634. The van der Waals surface area contributed by atoms with E-state index in [1.807, 2.05) is 0 Å². The fraction of sp³-hybridized carbons (Fsp3) is 0.0714. The summed E-state index contributed by atoms with van der Waals surface area (Å²) in [5.74, 6) is 4.50. The molecule has 0 bridgehead atoms. The van der Waals surface area contributed by atoms with E-state index in [0.717, 1.165) is 5.56 Å². The first-order chi connectivity index (χ1) is 9.60. The van der Waals surface area contributed by atoms with Gasteiger partial charge in [-0.05, 0) is 29.8 Å². The van der Waals surface area contributed by atoms with E-state index >= 15 is 0 Å². The van der Waals surface area contributed by atoms with Gasteiger partial charge in [-0.3, -0.25) is 10.2 Å². The number of rotatable bonds is 4. The Hall–Kier alpha value is -2.11. The zero-order valence-corrected chi connectivity index (χ0v) is 11.2. The molecule has 20 heavy (non-hydrogen) atoms. The predicted molar refractivity (Wildman–Crippen MR) is 73.8 cm³/mol. The highest BCUT2D eigenvalue weighted by atomic mass is 35.5. The largest absolute Gasteiger partial charge is 0.489 e. The van der Waals surface area contributed by atoms with Crippen LogP contribution in [0.3, 0.4) is 0 Å². The lowest BCUT2D eigenvalue weighted by Gasteiger charge is -2.08. The first kappa shape index (κ1) is 14.3. The smallest absolute Gasteiger partial charge is 0.265 e. The minimum Gasteiger partial charge on any atom is -0.489 e. The summed E-state index contributed by atoms with van der Waals surface area (Å²) in [5, 5.41) is 0.0407. The van der Waals surface area contributed by atoms with Crippen LogP contribution >= 0.6 is 11.6 Å². The molecule has 0 saturated heterocycles. The highest BCUT2D eigenvalue weighted by Crippen LogP contribution is 2.21. The van der Waals surface area contributed by atoms with Crippen LogP contribution in [-0.2, 0) is 6.61 Å². The molecule has 0 spiro atoms. The standard InChI is InChI=1S/C14H12ClFN2O2/c15-12-5-4-11(7-13(12)16)20-8-9-2-1-3-10(6-9)14(19)18-17/h1-7H,8,17H2,(H,18,19). The van der Waals surface area contributed by atoms with Gasteiger partial charge in [0, 0.05) is 11.6 Å². The Morgan fingerprint density at radius 1 is 1.30 bits per heavy atom. The Balaban J connectivity index is 2.07. The van der Waals surface area contributed by atoms with Crippen LogP contribution in [0.4, 0.5) is 4.39 Å². The zero-order chi connectivity index (χ0) is 14.5. The summed E-state index contributed by atoms with van der Waals surface area (Å²) in [6.07, 6.45) is 0. The van der Waals surface area contributed by atoms with Crippen molar-refractivity contribution < 1.29 is 13.9 Å². The van der Waals surface area contributed by atoms with Crippen LogP contribution in [0.5, 0.6) is 5.75 Å². The molecule has 6 heteroatoms. The van der Waals surface area contributed by atoms with E-state index in [9.17, 15) is 9.18 Å². The summed E-state index contributed by atoms with van der Waals surface area (Å²) in [5.41, 5.74) is 3.24. The van der Waals surface area contributed by atoms with Crippen LogP contribution in [0.25, 0.3) is 0 Å². The van der Waals surface area contributed by atoms with E-state index in [-0.39, 0.29) is 17.5 Å². The Kier molecular flexibility index (Phi) is 4.55. The molecule has 0 aliphatic carbocycles. The molecule has 0 aromatic heterocycles. The average molecular weight is 295 g/mol. The molecule has 0 radical (unpaired) electrons. The van der Waals surface area contributed by atoms with Gasteiger partial charge in [-0.1, -0.05) is 23.7 Å². The summed E-state index contributed by atoms with van der Waals surface area (Å²) < 4.78 is 18.7. The number of nitrogens with one attached hydrogen (secondary N) is 1. The van der Waals surface area contributed by atoms with Gasteiger partial charge in [-0.2, -0.15) is 0 Å². The molecule has 0 atom stereocenters. The van der Waals surface area contributed by atoms with Crippen molar-refractivity contribution in [2.75, 3.05) is 0 Å². The Morgan fingerprint density at radius 2 is 2.10 bits per heavy atom. The molecule has 0 saturated carbocycles. The van der Waals surface area contributed by atoms with Crippen LogP contribution in [-0.4, -0.2) is 5.91 Å².